The molecule has 2 aromatic carbocycles. The van der Waals surface area contributed by atoms with Gasteiger partial charge in [-0.1, -0.05) is 30.3 Å². The molecule has 2 heterocycles. The third-order valence-corrected chi connectivity index (χ3v) is 3.28. The van der Waals surface area contributed by atoms with Crippen LogP contribution in [0.25, 0.3) is 33.8 Å². The average molecular weight is 464 g/mol. The zero-order valence-electron chi connectivity index (χ0n) is 11.5. The van der Waals surface area contributed by atoms with Crippen molar-refractivity contribution in [1.82, 2.24) is 9.97 Å². The van der Waals surface area contributed by atoms with Crippen LogP contribution in [0.15, 0.2) is 71.3 Å². The summed E-state index contributed by atoms with van der Waals surface area (Å²) in [5.41, 5.74) is 4.30. The summed E-state index contributed by atoms with van der Waals surface area (Å²) in [6.07, 6.45) is 1.77. The van der Waals surface area contributed by atoms with Gasteiger partial charge in [-0.3, -0.25) is 0 Å². The molecule has 0 saturated heterocycles. The molecule has 0 N–H and O–H groups in total. The van der Waals surface area contributed by atoms with E-state index in [2.05, 4.69) is 16.0 Å². The van der Waals surface area contributed by atoms with Gasteiger partial charge in [-0.25, -0.2) is 4.98 Å². The molecule has 3 nitrogen and oxygen atoms in total. The van der Waals surface area contributed by atoms with Gasteiger partial charge in [0, 0.05) is 37.4 Å². The van der Waals surface area contributed by atoms with Crippen LogP contribution in [-0.4, -0.2) is 9.97 Å². The first-order chi connectivity index (χ1) is 10.4. The summed E-state index contributed by atoms with van der Waals surface area (Å²) in [6.45, 7) is 0. The smallest absolute Gasteiger partial charge is 0.216 e. The molecule has 4 rings (SSSR count). The zero-order valence-corrected chi connectivity index (χ0v) is 13.9. The fourth-order valence-electron chi connectivity index (χ4n) is 2.25. The van der Waals surface area contributed by atoms with Gasteiger partial charge in [-0.15, -0.1) is 23.8 Å². The predicted molar refractivity (Wildman–Crippen MR) is 81.5 cm³/mol. The van der Waals surface area contributed by atoms with Crippen LogP contribution < -0.4 is 0 Å². The summed E-state index contributed by atoms with van der Waals surface area (Å²) < 4.78 is 5.78. The molecule has 0 spiro atoms. The molecule has 0 saturated carbocycles. The van der Waals surface area contributed by atoms with Crippen LogP contribution in [0.2, 0.25) is 0 Å². The molecule has 0 unspecified atom stereocenters. The van der Waals surface area contributed by atoms with Gasteiger partial charge in [-0.05, 0) is 23.9 Å². The molecular weight excluding hydrogens is 452 g/mol. The van der Waals surface area contributed by atoms with Crippen molar-refractivity contribution < 1.29 is 24.5 Å². The molecule has 1 radical (unpaired) electrons. The van der Waals surface area contributed by atoms with E-state index >= 15 is 0 Å². The van der Waals surface area contributed by atoms with Crippen molar-refractivity contribution in [3.05, 3.63) is 72.9 Å². The quantitative estimate of drug-likeness (QED) is 0.415. The van der Waals surface area contributed by atoms with Gasteiger partial charge in [0.15, 0.2) is 0 Å². The summed E-state index contributed by atoms with van der Waals surface area (Å²) in [7, 11) is 0. The maximum atomic E-state index is 5.78. The largest absolute Gasteiger partial charge is 0.484 e. The Bertz CT molecular complexity index is 851. The van der Waals surface area contributed by atoms with Gasteiger partial charge < -0.3 is 9.40 Å². The first-order valence-corrected chi connectivity index (χ1v) is 6.69. The minimum atomic E-state index is 0. The van der Waals surface area contributed by atoms with E-state index in [-0.39, 0.29) is 20.1 Å². The van der Waals surface area contributed by atoms with E-state index in [1.165, 1.54) is 0 Å². The normalized spacial score (nSPS) is 10.4. The van der Waals surface area contributed by atoms with E-state index in [0.717, 1.165) is 27.9 Å². The Morgan fingerprint density at radius 1 is 0.955 bits per heavy atom. The molecule has 0 aliphatic rings. The molecule has 0 fully saturated rings. The molecule has 109 valence electrons. The van der Waals surface area contributed by atoms with Crippen molar-refractivity contribution >= 4 is 11.1 Å². The molecule has 0 atom stereocenters. The number of fused-ring (bicyclic) bond motifs is 1. The van der Waals surface area contributed by atoms with E-state index in [1.807, 2.05) is 60.7 Å². The number of aromatic nitrogens is 2. The summed E-state index contributed by atoms with van der Waals surface area (Å²) in [6, 6.07) is 22.6. The Kier molecular flexibility index (Phi) is 4.14. The third-order valence-electron chi connectivity index (χ3n) is 3.28. The minimum Gasteiger partial charge on any atom is -0.484 e. The summed E-state index contributed by atoms with van der Waals surface area (Å²) in [5.74, 6) is 0.622. The standard InChI is InChI=1S/C18H11N2O.Ir/c1-2-6-13(7-3-1)18-20-16-12-14(9-10-17(16)21-18)15-8-4-5-11-19-15;/h1-8,10-12H;/q-1;. The van der Waals surface area contributed by atoms with Crippen molar-refractivity contribution in [3.8, 4) is 22.7 Å². The topological polar surface area (TPSA) is 38.9 Å². The first-order valence-electron chi connectivity index (χ1n) is 6.69. The summed E-state index contributed by atoms with van der Waals surface area (Å²) >= 11 is 0. The molecular formula is C18H11IrN2O-. The van der Waals surface area contributed by atoms with Crippen LogP contribution in [0, 0.1) is 6.07 Å². The van der Waals surface area contributed by atoms with Crippen molar-refractivity contribution in [1.29, 1.82) is 0 Å². The molecule has 0 aliphatic heterocycles. The van der Waals surface area contributed by atoms with Crippen LogP contribution in [0.5, 0.6) is 0 Å². The van der Waals surface area contributed by atoms with E-state index in [1.54, 1.807) is 6.20 Å². The van der Waals surface area contributed by atoms with Crippen LogP contribution in [0.3, 0.4) is 0 Å². The third kappa shape index (κ3) is 2.71. The fraction of sp³-hybridized carbons (Fsp3) is 0. The maximum Gasteiger partial charge on any atom is 0.216 e. The molecule has 4 heteroatoms. The van der Waals surface area contributed by atoms with Crippen molar-refractivity contribution in [2.24, 2.45) is 0 Å². The minimum absolute atomic E-state index is 0. The number of nitrogens with zero attached hydrogens (tertiary/aromatic N) is 2. The molecule has 2 aromatic heterocycles. The van der Waals surface area contributed by atoms with E-state index in [9.17, 15) is 0 Å². The number of oxazole rings is 1. The van der Waals surface area contributed by atoms with Crippen LogP contribution in [-0.2, 0) is 20.1 Å². The van der Waals surface area contributed by atoms with Crippen molar-refractivity contribution in [2.45, 2.75) is 0 Å². The number of pyridine rings is 1. The van der Waals surface area contributed by atoms with E-state index < -0.39 is 0 Å². The average Bonchev–Trinajstić information content (AvgIpc) is 2.99. The van der Waals surface area contributed by atoms with Gasteiger partial charge in [0.05, 0.1) is 5.58 Å². The second-order valence-corrected chi connectivity index (χ2v) is 4.70. The summed E-state index contributed by atoms with van der Waals surface area (Å²) in [4.78, 5) is 8.89. The predicted octanol–water partition coefficient (Wildman–Crippen LogP) is 4.35. The first kappa shape index (κ1) is 14.6. The maximum absolute atomic E-state index is 5.78. The number of rotatable bonds is 2. The SMILES string of the molecule is [Ir].[c-]1cc2oc(-c3ccccc3)nc2cc1-c1ccccn1. The Balaban J connectivity index is 0.00000144. The fourth-order valence-corrected chi connectivity index (χ4v) is 2.25. The Hall–Kier alpha value is -2.29. The molecule has 0 amide bonds. The second kappa shape index (κ2) is 6.22. The van der Waals surface area contributed by atoms with Gasteiger partial charge in [0.25, 0.3) is 0 Å². The zero-order chi connectivity index (χ0) is 14.1. The Morgan fingerprint density at radius 2 is 1.77 bits per heavy atom. The Morgan fingerprint density at radius 3 is 2.55 bits per heavy atom. The van der Waals surface area contributed by atoms with Gasteiger partial charge in [0.2, 0.25) is 5.89 Å². The van der Waals surface area contributed by atoms with Gasteiger partial charge in [0.1, 0.15) is 0 Å². The molecule has 0 bridgehead atoms. The number of hydrogen-bond acceptors (Lipinski definition) is 3. The van der Waals surface area contributed by atoms with Crippen LogP contribution >= 0.6 is 0 Å². The van der Waals surface area contributed by atoms with Gasteiger partial charge in [-0.2, -0.15) is 0 Å². The van der Waals surface area contributed by atoms with E-state index in [4.69, 9.17) is 4.42 Å². The molecule has 0 aliphatic carbocycles. The van der Waals surface area contributed by atoms with Crippen LogP contribution in [0.4, 0.5) is 0 Å². The van der Waals surface area contributed by atoms with E-state index in [0.29, 0.717) is 5.89 Å². The van der Waals surface area contributed by atoms with Crippen molar-refractivity contribution in [3.63, 3.8) is 0 Å². The molecule has 22 heavy (non-hydrogen) atoms. The Labute approximate surface area is 141 Å². The second-order valence-electron chi connectivity index (χ2n) is 4.70. The molecule has 4 aromatic rings. The summed E-state index contributed by atoms with van der Waals surface area (Å²) in [5, 5.41) is 0. The number of hydrogen-bond donors (Lipinski definition) is 0. The van der Waals surface area contributed by atoms with Crippen LogP contribution in [0.1, 0.15) is 0 Å². The number of benzene rings is 2. The van der Waals surface area contributed by atoms with Crippen molar-refractivity contribution in [2.75, 3.05) is 0 Å². The monoisotopic (exact) mass is 464 g/mol. The van der Waals surface area contributed by atoms with Gasteiger partial charge >= 0.3 is 0 Å².